The van der Waals surface area contributed by atoms with Crippen molar-refractivity contribution in [2.24, 2.45) is 0 Å². The van der Waals surface area contributed by atoms with E-state index >= 15 is 8.78 Å². The van der Waals surface area contributed by atoms with E-state index in [2.05, 4.69) is 17.1 Å². The molecule has 0 saturated carbocycles. The molecule has 1 aromatic heterocycles. The number of methoxy groups -OCH3 is 3. The molecule has 0 radical (unpaired) electrons. The first-order valence-electron chi connectivity index (χ1n) is 15.6. The third kappa shape index (κ3) is 8.86. The Morgan fingerprint density at radius 3 is 2.24 bits per heavy atom. The highest BCUT2D eigenvalue weighted by Gasteiger charge is 2.48. The Hall–Kier alpha value is -4.41. The Balaban J connectivity index is 1.38. The fourth-order valence-electron chi connectivity index (χ4n) is 5.69. The van der Waals surface area contributed by atoms with Gasteiger partial charge in [-0.2, -0.15) is 8.78 Å². The minimum Gasteiger partial charge on any atom is -0.493 e. The lowest BCUT2D eigenvalue weighted by atomic mass is 10.0. The molecule has 2 heterocycles. The van der Waals surface area contributed by atoms with Crippen molar-refractivity contribution in [1.29, 1.82) is 0 Å². The van der Waals surface area contributed by atoms with Gasteiger partial charge < -0.3 is 28.7 Å². The molecule has 1 aliphatic heterocycles. The predicted molar refractivity (Wildman–Crippen MR) is 170 cm³/mol. The molecular formula is C35H43F2N3O6. The lowest BCUT2D eigenvalue weighted by molar-refractivity contribution is -0.160. The number of hydrogen-bond acceptors (Lipinski definition) is 7. The van der Waals surface area contributed by atoms with Crippen molar-refractivity contribution >= 4 is 12.0 Å². The molecule has 0 bridgehead atoms. The molecule has 1 fully saturated rings. The number of likely N-dealkylation sites (tertiary alicyclic amines) is 1. The summed E-state index contributed by atoms with van der Waals surface area (Å²) in [5, 5.41) is 0. The number of aryl methyl sites for hydroxylation is 2. The second-order valence-electron chi connectivity index (χ2n) is 11.3. The maximum atomic E-state index is 15.7. The fraction of sp³-hybridized carbons (Fsp3) is 0.457. The highest BCUT2D eigenvalue weighted by molar-refractivity contribution is 5.86. The lowest BCUT2D eigenvalue weighted by Crippen LogP contribution is -2.47. The van der Waals surface area contributed by atoms with Gasteiger partial charge >= 0.3 is 12.0 Å². The molecule has 2 amide bonds. The van der Waals surface area contributed by atoms with Crippen molar-refractivity contribution in [3.63, 3.8) is 0 Å². The molecule has 1 aliphatic rings. The van der Waals surface area contributed by atoms with E-state index < -0.39 is 29.5 Å². The molecule has 0 N–H and O–H groups in total. The summed E-state index contributed by atoms with van der Waals surface area (Å²) in [6.45, 7) is 0.950. The Morgan fingerprint density at radius 2 is 1.59 bits per heavy atom. The van der Waals surface area contributed by atoms with Gasteiger partial charge in [-0.05, 0) is 74.3 Å². The van der Waals surface area contributed by atoms with Gasteiger partial charge in [-0.25, -0.2) is 4.79 Å². The molecule has 1 unspecified atom stereocenters. The van der Waals surface area contributed by atoms with E-state index in [1.165, 1.54) is 26.9 Å². The van der Waals surface area contributed by atoms with Crippen LogP contribution < -0.4 is 14.2 Å². The van der Waals surface area contributed by atoms with Crippen LogP contribution in [0.5, 0.6) is 17.2 Å². The first-order chi connectivity index (χ1) is 22.3. The van der Waals surface area contributed by atoms with Crippen LogP contribution in [0.1, 0.15) is 48.8 Å². The van der Waals surface area contributed by atoms with E-state index in [1.54, 1.807) is 11.1 Å². The van der Waals surface area contributed by atoms with Crippen molar-refractivity contribution in [2.75, 3.05) is 47.6 Å². The Labute approximate surface area is 269 Å². The molecule has 1 saturated heterocycles. The van der Waals surface area contributed by atoms with Gasteiger partial charge in [0.1, 0.15) is 6.61 Å². The van der Waals surface area contributed by atoms with E-state index in [4.69, 9.17) is 18.9 Å². The van der Waals surface area contributed by atoms with Crippen molar-refractivity contribution in [2.45, 2.75) is 56.9 Å². The van der Waals surface area contributed by atoms with Crippen LogP contribution in [-0.2, 0) is 28.3 Å². The summed E-state index contributed by atoms with van der Waals surface area (Å²) < 4.78 is 52.7. The zero-order chi connectivity index (χ0) is 32.9. The van der Waals surface area contributed by atoms with E-state index in [1.807, 2.05) is 36.5 Å². The molecule has 4 rings (SSSR count). The number of hydrogen-bond donors (Lipinski definition) is 0. The molecule has 0 spiro atoms. The number of carbonyl (C=O) groups is 2. The number of alkyl halides is 2. The zero-order valence-electron chi connectivity index (χ0n) is 26.8. The van der Waals surface area contributed by atoms with Gasteiger partial charge in [0.15, 0.2) is 11.5 Å². The number of nitrogens with zero attached hydrogens (tertiary/aromatic N) is 3. The molecule has 11 heteroatoms. The van der Waals surface area contributed by atoms with Crippen LogP contribution in [0.3, 0.4) is 0 Å². The third-order valence-corrected chi connectivity index (χ3v) is 8.19. The second-order valence-corrected chi connectivity index (χ2v) is 11.3. The van der Waals surface area contributed by atoms with Crippen LogP contribution in [0.2, 0.25) is 0 Å². The number of halogens is 2. The van der Waals surface area contributed by atoms with Crippen LogP contribution in [0, 0.1) is 0 Å². The van der Waals surface area contributed by atoms with Crippen molar-refractivity contribution < 1.29 is 37.3 Å². The Bertz CT molecular complexity index is 1380. The van der Waals surface area contributed by atoms with Crippen LogP contribution in [0.15, 0.2) is 67.0 Å². The van der Waals surface area contributed by atoms with Gasteiger partial charge in [0.05, 0.1) is 27.4 Å². The topological polar surface area (TPSA) is 90.4 Å². The maximum Gasteiger partial charge on any atom is 0.409 e. The molecule has 46 heavy (non-hydrogen) atoms. The fourth-order valence-corrected chi connectivity index (χ4v) is 5.69. The average Bonchev–Trinajstić information content (AvgIpc) is 3.56. The minimum atomic E-state index is -3.88. The van der Waals surface area contributed by atoms with Gasteiger partial charge in [-0.3, -0.25) is 9.78 Å². The van der Waals surface area contributed by atoms with Crippen molar-refractivity contribution in [3.8, 4) is 17.2 Å². The number of ether oxygens (including phenoxy) is 4. The van der Waals surface area contributed by atoms with E-state index in [-0.39, 0.29) is 30.4 Å². The molecule has 1 atom stereocenters. The smallest absolute Gasteiger partial charge is 0.409 e. The summed E-state index contributed by atoms with van der Waals surface area (Å²) in [6, 6.07) is 15.5. The van der Waals surface area contributed by atoms with E-state index in [9.17, 15) is 9.59 Å². The first kappa shape index (κ1) is 34.5. The number of pyridine rings is 1. The van der Waals surface area contributed by atoms with Crippen molar-refractivity contribution in [1.82, 2.24) is 14.8 Å². The summed E-state index contributed by atoms with van der Waals surface area (Å²) in [4.78, 5) is 33.5. The quantitative estimate of drug-likeness (QED) is 0.170. The summed E-state index contributed by atoms with van der Waals surface area (Å²) in [6.07, 6.45) is 8.04. The largest absolute Gasteiger partial charge is 0.493 e. The number of benzene rings is 2. The van der Waals surface area contributed by atoms with Crippen LogP contribution in [0.4, 0.5) is 13.6 Å². The molecule has 0 aliphatic carbocycles. The van der Waals surface area contributed by atoms with Gasteiger partial charge in [-0.15, -0.1) is 0 Å². The summed E-state index contributed by atoms with van der Waals surface area (Å²) >= 11 is 0. The van der Waals surface area contributed by atoms with Gasteiger partial charge in [-0.1, -0.05) is 36.4 Å². The Kier molecular flexibility index (Phi) is 12.6. The summed E-state index contributed by atoms with van der Waals surface area (Å²) in [5.41, 5.74) is 1.74. The zero-order valence-corrected chi connectivity index (χ0v) is 26.8. The molecule has 9 nitrogen and oxygen atoms in total. The number of carbonyl (C=O) groups excluding carboxylic acids is 2. The van der Waals surface area contributed by atoms with Gasteiger partial charge in [0.2, 0.25) is 5.75 Å². The third-order valence-electron chi connectivity index (χ3n) is 8.19. The predicted octanol–water partition coefficient (Wildman–Crippen LogP) is 6.28. The first-order valence-corrected chi connectivity index (χ1v) is 15.6. The van der Waals surface area contributed by atoms with E-state index in [0.29, 0.717) is 32.4 Å². The van der Waals surface area contributed by atoms with Crippen LogP contribution in [0.25, 0.3) is 0 Å². The number of unbranched alkanes of at least 4 members (excludes halogenated alkanes) is 1. The lowest BCUT2D eigenvalue weighted by Gasteiger charge is -2.30. The molecule has 2 aromatic carbocycles. The SMILES string of the molecule is COc1cc(C(F)(F)C(=O)N2CCCC2COC(=O)N(CCCCc2ccccc2)CCCc2cccnc2)cc(OC)c1OC. The van der Waals surface area contributed by atoms with Crippen LogP contribution in [-0.4, -0.2) is 80.4 Å². The highest BCUT2D eigenvalue weighted by atomic mass is 19.3. The van der Waals surface area contributed by atoms with Gasteiger partial charge in [0.25, 0.3) is 5.91 Å². The summed E-state index contributed by atoms with van der Waals surface area (Å²) in [5.74, 6) is -5.06. The maximum absolute atomic E-state index is 15.7. The second kappa shape index (κ2) is 16.8. The summed E-state index contributed by atoms with van der Waals surface area (Å²) in [7, 11) is 4.00. The van der Waals surface area contributed by atoms with Crippen LogP contribution >= 0.6 is 0 Å². The highest BCUT2D eigenvalue weighted by Crippen LogP contribution is 2.43. The number of aromatic nitrogens is 1. The molecule has 3 aromatic rings. The molecular weight excluding hydrogens is 596 g/mol. The minimum absolute atomic E-state index is 0.0172. The monoisotopic (exact) mass is 639 g/mol. The standard InChI is InChI=1S/C35H43F2N3O6/c1-43-30-22-28(23-31(44-2)32(30)45-3)35(36,37)33(41)40-21-11-17-29(40)25-46-34(42)39(20-10-16-27-15-9-18-38-24-27)19-8-7-14-26-12-5-4-6-13-26/h4-6,9,12-13,15,18,22-24,29H,7-8,10-11,14,16-17,19-21,25H2,1-3H3. The molecule has 248 valence electrons. The van der Waals surface area contributed by atoms with Crippen molar-refractivity contribution in [3.05, 3.63) is 83.7 Å². The number of rotatable bonds is 16. The van der Waals surface area contributed by atoms with Gasteiger partial charge in [0, 0.05) is 37.6 Å². The normalized spacial score (nSPS) is 14.5. The van der Waals surface area contributed by atoms with E-state index in [0.717, 1.165) is 48.3 Å². The Morgan fingerprint density at radius 1 is 0.913 bits per heavy atom. The average molecular weight is 640 g/mol. The number of amides is 2.